The molecule has 0 aliphatic heterocycles. The van der Waals surface area contributed by atoms with E-state index in [-0.39, 0.29) is 17.5 Å². The van der Waals surface area contributed by atoms with Crippen molar-refractivity contribution in [3.63, 3.8) is 0 Å². The second-order valence-electron chi connectivity index (χ2n) is 4.26. The summed E-state index contributed by atoms with van der Waals surface area (Å²) in [6.45, 7) is 7.27. The summed E-state index contributed by atoms with van der Waals surface area (Å²) in [5, 5.41) is 0. The molecule has 1 aromatic carbocycles. The number of hydrogen-bond acceptors (Lipinski definition) is 4. The van der Waals surface area contributed by atoms with Gasteiger partial charge in [-0.25, -0.2) is 4.39 Å². The van der Waals surface area contributed by atoms with Gasteiger partial charge in [-0.2, -0.15) is 0 Å². The van der Waals surface area contributed by atoms with Gasteiger partial charge in [0.1, 0.15) is 11.9 Å². The van der Waals surface area contributed by atoms with Crippen LogP contribution in [0.2, 0.25) is 0 Å². The summed E-state index contributed by atoms with van der Waals surface area (Å²) < 4.78 is 29.8. The van der Waals surface area contributed by atoms with Gasteiger partial charge in [-0.15, -0.1) is 0 Å². The van der Waals surface area contributed by atoms with Crippen LogP contribution in [-0.4, -0.2) is 25.9 Å². The zero-order valence-corrected chi connectivity index (χ0v) is 11.7. The fraction of sp³-hybridized carbons (Fsp3) is 0.571. The van der Waals surface area contributed by atoms with Gasteiger partial charge in [-0.1, -0.05) is 6.92 Å². The van der Waals surface area contributed by atoms with Gasteiger partial charge in [0, 0.05) is 18.7 Å². The lowest BCUT2D eigenvalue weighted by molar-refractivity contribution is 0.0659. The molecule has 0 spiro atoms. The summed E-state index contributed by atoms with van der Waals surface area (Å²) in [6.07, 6.45) is 0.646. The molecule has 2 N–H and O–H groups in total. The predicted molar refractivity (Wildman–Crippen MR) is 73.2 cm³/mol. The maximum atomic E-state index is 13.6. The van der Waals surface area contributed by atoms with E-state index in [0.29, 0.717) is 25.6 Å². The second kappa shape index (κ2) is 7.84. The van der Waals surface area contributed by atoms with E-state index in [0.717, 1.165) is 6.42 Å². The molecule has 1 rings (SSSR count). The molecule has 0 aliphatic rings. The quantitative estimate of drug-likeness (QED) is 0.738. The first-order chi connectivity index (χ1) is 9.08. The average molecular weight is 271 g/mol. The molecule has 5 heteroatoms. The summed E-state index contributed by atoms with van der Waals surface area (Å²) in [5.41, 5.74) is 5.99. The van der Waals surface area contributed by atoms with E-state index >= 15 is 0 Å². The van der Waals surface area contributed by atoms with Crippen LogP contribution in [0.5, 0.6) is 11.5 Å². The third-order valence-corrected chi connectivity index (χ3v) is 2.41. The molecule has 1 atom stereocenters. The molecule has 0 saturated heterocycles. The molecule has 1 aromatic rings. The Kier molecular flexibility index (Phi) is 6.42. The van der Waals surface area contributed by atoms with Crippen LogP contribution in [0.15, 0.2) is 12.1 Å². The molecule has 0 fully saturated rings. The highest BCUT2D eigenvalue weighted by Gasteiger charge is 2.12. The van der Waals surface area contributed by atoms with Crippen LogP contribution in [0.1, 0.15) is 27.2 Å². The Hall–Kier alpha value is -1.49. The van der Waals surface area contributed by atoms with Gasteiger partial charge < -0.3 is 19.9 Å². The van der Waals surface area contributed by atoms with Gasteiger partial charge >= 0.3 is 0 Å². The Morgan fingerprint density at radius 2 is 2.00 bits per heavy atom. The first-order valence-electron chi connectivity index (χ1n) is 6.54. The third-order valence-electron chi connectivity index (χ3n) is 2.41. The molecular weight excluding hydrogens is 249 g/mol. The lowest BCUT2D eigenvalue weighted by Crippen LogP contribution is -2.19. The summed E-state index contributed by atoms with van der Waals surface area (Å²) in [6, 6.07) is 2.70. The van der Waals surface area contributed by atoms with Gasteiger partial charge in [0.15, 0.2) is 11.6 Å². The van der Waals surface area contributed by atoms with Crippen molar-refractivity contribution in [2.45, 2.75) is 33.3 Å². The normalized spacial score (nSPS) is 12.2. The number of halogens is 1. The van der Waals surface area contributed by atoms with E-state index < -0.39 is 5.82 Å². The maximum absolute atomic E-state index is 13.6. The summed E-state index contributed by atoms with van der Waals surface area (Å²) in [4.78, 5) is 0. The second-order valence-corrected chi connectivity index (χ2v) is 4.26. The number of rotatable bonds is 8. The van der Waals surface area contributed by atoms with Crippen LogP contribution in [0.3, 0.4) is 0 Å². The molecule has 0 aliphatic carbocycles. The van der Waals surface area contributed by atoms with Gasteiger partial charge in [0.05, 0.1) is 18.9 Å². The van der Waals surface area contributed by atoms with E-state index in [2.05, 4.69) is 0 Å². The lowest BCUT2D eigenvalue weighted by atomic mass is 10.2. The van der Waals surface area contributed by atoms with Crippen molar-refractivity contribution in [2.24, 2.45) is 0 Å². The smallest absolute Gasteiger partial charge is 0.167 e. The van der Waals surface area contributed by atoms with Crippen molar-refractivity contribution in [3.8, 4) is 11.5 Å². The summed E-state index contributed by atoms with van der Waals surface area (Å²) in [7, 11) is 0. The number of ether oxygens (including phenoxy) is 3. The first kappa shape index (κ1) is 15.6. The third kappa shape index (κ3) is 4.95. The van der Waals surface area contributed by atoms with Crippen molar-refractivity contribution in [3.05, 3.63) is 17.9 Å². The van der Waals surface area contributed by atoms with Gasteiger partial charge in [-0.05, 0) is 20.3 Å². The standard InChI is InChI=1S/C14H22FNO3/c1-4-6-18-13-8-14(12(16)7-11(13)15)19-10(3)9-17-5-2/h7-8,10H,4-6,9,16H2,1-3H3. The van der Waals surface area contributed by atoms with Gasteiger partial charge in [-0.3, -0.25) is 0 Å². The minimum absolute atomic E-state index is 0.160. The molecule has 0 heterocycles. The zero-order valence-electron chi connectivity index (χ0n) is 11.7. The van der Waals surface area contributed by atoms with Crippen molar-refractivity contribution in [1.82, 2.24) is 0 Å². The molecule has 0 aromatic heterocycles. The van der Waals surface area contributed by atoms with Crippen molar-refractivity contribution >= 4 is 5.69 Å². The van der Waals surface area contributed by atoms with Crippen LogP contribution in [0.4, 0.5) is 10.1 Å². The largest absolute Gasteiger partial charge is 0.490 e. The maximum Gasteiger partial charge on any atom is 0.167 e. The van der Waals surface area contributed by atoms with Gasteiger partial charge in [0.2, 0.25) is 0 Å². The number of nitrogens with two attached hydrogens (primary N) is 1. The van der Waals surface area contributed by atoms with E-state index in [1.54, 1.807) is 0 Å². The van der Waals surface area contributed by atoms with E-state index in [4.69, 9.17) is 19.9 Å². The monoisotopic (exact) mass is 271 g/mol. The van der Waals surface area contributed by atoms with Crippen LogP contribution >= 0.6 is 0 Å². The van der Waals surface area contributed by atoms with Crippen LogP contribution < -0.4 is 15.2 Å². The Morgan fingerprint density at radius 1 is 1.26 bits per heavy atom. The molecule has 0 radical (unpaired) electrons. The number of nitrogen functional groups attached to an aromatic ring is 1. The van der Waals surface area contributed by atoms with Gasteiger partial charge in [0.25, 0.3) is 0 Å². The van der Waals surface area contributed by atoms with E-state index in [1.807, 2.05) is 20.8 Å². The topological polar surface area (TPSA) is 53.7 Å². The lowest BCUT2D eigenvalue weighted by Gasteiger charge is -2.17. The Bertz CT molecular complexity index is 399. The molecule has 0 saturated carbocycles. The highest BCUT2D eigenvalue weighted by Crippen LogP contribution is 2.31. The zero-order chi connectivity index (χ0) is 14.3. The van der Waals surface area contributed by atoms with E-state index in [9.17, 15) is 4.39 Å². The fourth-order valence-corrected chi connectivity index (χ4v) is 1.51. The number of anilines is 1. The highest BCUT2D eigenvalue weighted by atomic mass is 19.1. The van der Waals surface area contributed by atoms with Crippen LogP contribution in [0, 0.1) is 5.82 Å². The Labute approximate surface area is 113 Å². The van der Waals surface area contributed by atoms with Crippen molar-refractivity contribution < 1.29 is 18.6 Å². The summed E-state index contributed by atoms with van der Waals surface area (Å²) >= 11 is 0. The van der Waals surface area contributed by atoms with Crippen molar-refractivity contribution in [1.29, 1.82) is 0 Å². The molecule has 4 nitrogen and oxygen atoms in total. The number of hydrogen-bond donors (Lipinski definition) is 1. The minimum atomic E-state index is -0.476. The number of benzene rings is 1. The Balaban J connectivity index is 2.76. The molecule has 0 bridgehead atoms. The van der Waals surface area contributed by atoms with E-state index in [1.165, 1.54) is 12.1 Å². The Morgan fingerprint density at radius 3 is 2.63 bits per heavy atom. The van der Waals surface area contributed by atoms with Crippen LogP contribution in [-0.2, 0) is 4.74 Å². The SMILES string of the molecule is CCCOc1cc(OC(C)COCC)c(N)cc1F. The van der Waals surface area contributed by atoms with Crippen LogP contribution in [0.25, 0.3) is 0 Å². The minimum Gasteiger partial charge on any atom is -0.490 e. The molecule has 0 amide bonds. The highest BCUT2D eigenvalue weighted by molar-refractivity contribution is 5.56. The fourth-order valence-electron chi connectivity index (χ4n) is 1.51. The molecule has 1 unspecified atom stereocenters. The first-order valence-corrected chi connectivity index (χ1v) is 6.54. The summed E-state index contributed by atoms with van der Waals surface area (Å²) in [5.74, 6) is 0.102. The molecule has 108 valence electrons. The van der Waals surface area contributed by atoms with Crippen molar-refractivity contribution in [2.75, 3.05) is 25.6 Å². The molecule has 19 heavy (non-hydrogen) atoms. The molecular formula is C14H22FNO3. The average Bonchev–Trinajstić information content (AvgIpc) is 2.38. The predicted octanol–water partition coefficient (Wildman–Crippen LogP) is 3.00.